The van der Waals surface area contributed by atoms with Gasteiger partial charge in [-0.05, 0) is 67.9 Å². The first-order chi connectivity index (χ1) is 12.8. The van der Waals surface area contributed by atoms with Gasteiger partial charge in [-0.1, -0.05) is 0 Å². The first-order valence-electron chi connectivity index (χ1n) is 8.80. The second-order valence-electron chi connectivity index (χ2n) is 6.58. The van der Waals surface area contributed by atoms with E-state index in [1.54, 1.807) is 24.5 Å². The highest BCUT2D eigenvalue weighted by Gasteiger charge is 2.21. The van der Waals surface area contributed by atoms with Crippen LogP contribution < -0.4 is 5.32 Å². The molecule has 3 aromatic rings. The zero-order valence-electron chi connectivity index (χ0n) is 14.3. The van der Waals surface area contributed by atoms with Crippen LogP contribution in [0.4, 0.5) is 4.39 Å². The minimum Gasteiger partial charge on any atom is -0.358 e. The second kappa shape index (κ2) is 7.11. The van der Waals surface area contributed by atoms with Crippen LogP contribution in [-0.4, -0.2) is 23.1 Å². The van der Waals surface area contributed by atoms with E-state index in [0.717, 1.165) is 48.3 Å². The Bertz CT molecular complexity index is 947. The standard InChI is InChI=1S/C21H19FN4/c22-17-3-1-15(2-4-17)21-19(18-7-10-25-13-16(18)12-23)11-20(26-21)14-5-8-24-9-6-14/h1-4,7,10-11,13-14,24,26H,5-6,8-9H2. The lowest BCUT2D eigenvalue weighted by molar-refractivity contribution is 0.454. The summed E-state index contributed by atoms with van der Waals surface area (Å²) in [6, 6.07) is 12.7. The largest absolute Gasteiger partial charge is 0.358 e. The van der Waals surface area contributed by atoms with E-state index in [2.05, 4.69) is 27.4 Å². The molecule has 1 aliphatic heterocycles. The van der Waals surface area contributed by atoms with E-state index in [9.17, 15) is 9.65 Å². The zero-order valence-corrected chi connectivity index (χ0v) is 14.3. The molecule has 0 radical (unpaired) electrons. The summed E-state index contributed by atoms with van der Waals surface area (Å²) in [7, 11) is 0. The van der Waals surface area contributed by atoms with Gasteiger partial charge < -0.3 is 10.3 Å². The molecule has 2 N–H and O–H groups in total. The summed E-state index contributed by atoms with van der Waals surface area (Å²) in [5, 5.41) is 12.9. The Morgan fingerprint density at radius 3 is 2.58 bits per heavy atom. The molecule has 0 spiro atoms. The smallest absolute Gasteiger partial charge is 0.123 e. The van der Waals surface area contributed by atoms with Crippen LogP contribution in [0.15, 0.2) is 48.8 Å². The summed E-state index contributed by atoms with van der Waals surface area (Å²) in [5.41, 5.74) is 5.33. The number of aromatic amines is 1. The summed E-state index contributed by atoms with van der Waals surface area (Å²) in [4.78, 5) is 7.62. The third kappa shape index (κ3) is 3.12. The van der Waals surface area contributed by atoms with Gasteiger partial charge in [0.1, 0.15) is 11.9 Å². The van der Waals surface area contributed by atoms with E-state index in [0.29, 0.717) is 11.5 Å². The van der Waals surface area contributed by atoms with Crippen LogP contribution >= 0.6 is 0 Å². The molecule has 0 aliphatic carbocycles. The fourth-order valence-electron chi connectivity index (χ4n) is 3.60. The Labute approximate surface area is 151 Å². The molecule has 5 heteroatoms. The third-order valence-corrected chi connectivity index (χ3v) is 4.98. The molecule has 1 fully saturated rings. The van der Waals surface area contributed by atoms with E-state index in [1.165, 1.54) is 17.8 Å². The molecule has 1 aromatic carbocycles. The number of nitriles is 1. The molecule has 4 nitrogen and oxygen atoms in total. The number of piperidine rings is 1. The average molecular weight is 346 g/mol. The number of H-pyrrole nitrogens is 1. The van der Waals surface area contributed by atoms with Crippen LogP contribution in [0.3, 0.4) is 0 Å². The van der Waals surface area contributed by atoms with Gasteiger partial charge in [-0.3, -0.25) is 4.98 Å². The van der Waals surface area contributed by atoms with Crippen LogP contribution in [0.5, 0.6) is 0 Å². The summed E-state index contributed by atoms with van der Waals surface area (Å²) in [6.07, 6.45) is 5.43. The van der Waals surface area contributed by atoms with Gasteiger partial charge in [0.15, 0.2) is 0 Å². The number of pyridine rings is 1. The number of hydrogen-bond acceptors (Lipinski definition) is 3. The van der Waals surface area contributed by atoms with Crippen molar-refractivity contribution in [1.82, 2.24) is 15.3 Å². The topological polar surface area (TPSA) is 64.5 Å². The molecule has 3 heterocycles. The Balaban J connectivity index is 1.86. The lowest BCUT2D eigenvalue weighted by Crippen LogP contribution is -2.26. The number of nitrogens with one attached hydrogen (secondary N) is 2. The van der Waals surface area contributed by atoms with Gasteiger partial charge in [-0.15, -0.1) is 0 Å². The van der Waals surface area contributed by atoms with Gasteiger partial charge in [0, 0.05) is 35.1 Å². The minimum atomic E-state index is -0.262. The van der Waals surface area contributed by atoms with Crippen molar-refractivity contribution in [3.63, 3.8) is 0 Å². The zero-order chi connectivity index (χ0) is 17.9. The molecule has 130 valence electrons. The van der Waals surface area contributed by atoms with Gasteiger partial charge in [0.2, 0.25) is 0 Å². The van der Waals surface area contributed by atoms with Gasteiger partial charge in [0.25, 0.3) is 0 Å². The average Bonchev–Trinajstić information content (AvgIpc) is 3.14. The molecule has 1 aliphatic rings. The van der Waals surface area contributed by atoms with Crippen molar-refractivity contribution in [3.8, 4) is 28.5 Å². The molecule has 0 saturated carbocycles. The molecule has 0 bridgehead atoms. The second-order valence-corrected chi connectivity index (χ2v) is 6.58. The summed E-state index contributed by atoms with van der Waals surface area (Å²) in [6.45, 7) is 2.01. The fraction of sp³-hybridized carbons (Fsp3) is 0.238. The van der Waals surface area contributed by atoms with Crippen LogP contribution in [0, 0.1) is 17.1 Å². The highest BCUT2D eigenvalue weighted by molar-refractivity contribution is 5.84. The summed E-state index contributed by atoms with van der Waals surface area (Å²) in [5.74, 6) is 0.193. The van der Waals surface area contributed by atoms with Gasteiger partial charge in [-0.2, -0.15) is 5.26 Å². The van der Waals surface area contributed by atoms with Crippen LogP contribution in [0.2, 0.25) is 0 Å². The van der Waals surface area contributed by atoms with Gasteiger partial charge in [0.05, 0.1) is 11.3 Å². The monoisotopic (exact) mass is 346 g/mol. The number of hydrogen-bond donors (Lipinski definition) is 2. The van der Waals surface area contributed by atoms with Crippen molar-refractivity contribution in [2.45, 2.75) is 18.8 Å². The van der Waals surface area contributed by atoms with E-state index >= 15 is 0 Å². The molecule has 26 heavy (non-hydrogen) atoms. The van der Waals surface area contributed by atoms with Crippen molar-refractivity contribution < 1.29 is 4.39 Å². The quantitative estimate of drug-likeness (QED) is 0.746. The SMILES string of the molecule is N#Cc1cnccc1-c1cc(C2CCNCC2)[nH]c1-c1ccc(F)cc1. The number of nitrogens with zero attached hydrogens (tertiary/aromatic N) is 2. The van der Waals surface area contributed by atoms with Gasteiger partial charge in [-0.25, -0.2) is 4.39 Å². The van der Waals surface area contributed by atoms with Crippen molar-refractivity contribution in [3.05, 3.63) is 65.9 Å². The molecule has 0 unspecified atom stereocenters. The van der Waals surface area contributed by atoms with Crippen LogP contribution in [-0.2, 0) is 0 Å². The number of rotatable bonds is 3. The van der Waals surface area contributed by atoms with E-state index < -0.39 is 0 Å². The molecule has 0 atom stereocenters. The van der Waals surface area contributed by atoms with Crippen molar-refractivity contribution in [2.75, 3.05) is 13.1 Å². The van der Waals surface area contributed by atoms with E-state index in [-0.39, 0.29) is 5.82 Å². The Morgan fingerprint density at radius 2 is 1.85 bits per heavy atom. The highest BCUT2D eigenvalue weighted by atomic mass is 19.1. The lowest BCUT2D eigenvalue weighted by atomic mass is 9.93. The van der Waals surface area contributed by atoms with Crippen molar-refractivity contribution in [2.24, 2.45) is 0 Å². The van der Waals surface area contributed by atoms with Crippen LogP contribution in [0.25, 0.3) is 22.4 Å². The maximum Gasteiger partial charge on any atom is 0.123 e. The molecule has 1 saturated heterocycles. The number of aromatic nitrogens is 2. The maximum absolute atomic E-state index is 13.4. The Morgan fingerprint density at radius 1 is 1.08 bits per heavy atom. The molecule has 4 rings (SSSR count). The van der Waals surface area contributed by atoms with Crippen molar-refractivity contribution >= 4 is 0 Å². The number of benzene rings is 1. The minimum absolute atomic E-state index is 0.262. The summed E-state index contributed by atoms with van der Waals surface area (Å²) < 4.78 is 13.4. The summed E-state index contributed by atoms with van der Waals surface area (Å²) >= 11 is 0. The van der Waals surface area contributed by atoms with Crippen LogP contribution in [0.1, 0.15) is 30.0 Å². The van der Waals surface area contributed by atoms with Gasteiger partial charge >= 0.3 is 0 Å². The first kappa shape index (κ1) is 16.5. The fourth-order valence-corrected chi connectivity index (χ4v) is 3.60. The predicted octanol–water partition coefficient (Wildman–Crippen LogP) is 4.22. The predicted molar refractivity (Wildman–Crippen MR) is 99.0 cm³/mol. The molecular formula is C21H19FN4. The maximum atomic E-state index is 13.4. The number of halogens is 1. The highest BCUT2D eigenvalue weighted by Crippen LogP contribution is 2.37. The molecular weight excluding hydrogens is 327 g/mol. The molecule has 2 aromatic heterocycles. The Hall–Kier alpha value is -2.97. The third-order valence-electron chi connectivity index (χ3n) is 4.98. The van der Waals surface area contributed by atoms with E-state index in [1.807, 2.05) is 6.07 Å². The Kier molecular flexibility index (Phi) is 4.51. The lowest BCUT2D eigenvalue weighted by Gasteiger charge is -2.21. The first-order valence-corrected chi connectivity index (χ1v) is 8.80. The normalized spacial score (nSPS) is 14.9. The molecule has 0 amide bonds. The van der Waals surface area contributed by atoms with Crippen molar-refractivity contribution in [1.29, 1.82) is 5.26 Å². The van der Waals surface area contributed by atoms with E-state index in [4.69, 9.17) is 0 Å².